The van der Waals surface area contributed by atoms with E-state index >= 15 is 0 Å². The summed E-state index contributed by atoms with van der Waals surface area (Å²) in [5.74, 6) is 0.222. The molecule has 146 valence electrons. The van der Waals surface area contributed by atoms with Crippen LogP contribution in [0.4, 0.5) is 0 Å². The maximum Gasteiger partial charge on any atom is 0.203 e. The number of fused-ring (bicyclic) bond motifs is 2. The Kier molecular flexibility index (Phi) is 3.89. The van der Waals surface area contributed by atoms with E-state index in [2.05, 4.69) is 13.8 Å². The first-order chi connectivity index (χ1) is 12.7. The number of Topliss-reactive ketones (excluding diaryl/α,β-unsaturated/α-hetero) is 2. The normalized spacial score (nSPS) is 45.6. The fourth-order valence-corrected chi connectivity index (χ4v) is 6.59. The van der Waals surface area contributed by atoms with Crippen LogP contribution in [0.1, 0.15) is 34.1 Å². The Balaban J connectivity index is 1.99. The van der Waals surface area contributed by atoms with Crippen LogP contribution >= 0.6 is 0 Å². The molecule has 0 saturated heterocycles. The zero-order valence-corrected chi connectivity index (χ0v) is 16.9. The molecule has 0 spiro atoms. The zero-order chi connectivity index (χ0) is 19.7. The Morgan fingerprint density at radius 3 is 2.52 bits per heavy atom. The molecule has 7 atom stereocenters. The van der Waals surface area contributed by atoms with Crippen LogP contribution in [0.5, 0.6) is 0 Å². The highest BCUT2D eigenvalue weighted by molar-refractivity contribution is 6.07. The molecule has 0 N–H and O–H groups in total. The number of carbonyl (C=O) groups is 2. The first-order valence-corrected chi connectivity index (χ1v) is 9.64. The smallest absolute Gasteiger partial charge is 0.203 e. The van der Waals surface area contributed by atoms with Crippen LogP contribution < -0.4 is 0 Å². The summed E-state index contributed by atoms with van der Waals surface area (Å²) in [5.41, 5.74) is -0.417. The van der Waals surface area contributed by atoms with Crippen LogP contribution in [-0.4, -0.2) is 31.9 Å². The molecule has 27 heavy (non-hydrogen) atoms. The van der Waals surface area contributed by atoms with E-state index in [1.807, 2.05) is 26.0 Å². The van der Waals surface area contributed by atoms with Crippen LogP contribution in [0.15, 0.2) is 35.5 Å². The van der Waals surface area contributed by atoms with E-state index in [0.29, 0.717) is 11.5 Å². The second-order valence-electron chi connectivity index (χ2n) is 8.86. The van der Waals surface area contributed by atoms with Crippen molar-refractivity contribution < 1.29 is 23.8 Å². The highest BCUT2D eigenvalue weighted by atomic mass is 16.5. The average Bonchev–Trinajstić information content (AvgIpc) is 2.62. The van der Waals surface area contributed by atoms with Gasteiger partial charge in [0.05, 0.1) is 20.5 Å². The number of allylic oxidation sites excluding steroid dienone is 5. The maximum absolute atomic E-state index is 13.7. The van der Waals surface area contributed by atoms with Gasteiger partial charge in [-0.15, -0.1) is 0 Å². The molecule has 1 heterocycles. The van der Waals surface area contributed by atoms with Gasteiger partial charge in [-0.1, -0.05) is 20.8 Å². The highest BCUT2D eigenvalue weighted by Crippen LogP contribution is 2.66. The van der Waals surface area contributed by atoms with Gasteiger partial charge in [-0.2, -0.15) is 0 Å². The van der Waals surface area contributed by atoms with Crippen molar-refractivity contribution in [2.75, 3.05) is 14.2 Å². The van der Waals surface area contributed by atoms with Crippen LogP contribution in [-0.2, 0) is 23.8 Å². The maximum atomic E-state index is 13.7. The number of hydrogen-bond donors (Lipinski definition) is 0. The third-order valence-electron chi connectivity index (χ3n) is 7.83. The monoisotopic (exact) mass is 372 g/mol. The van der Waals surface area contributed by atoms with E-state index in [0.717, 1.165) is 12.0 Å². The number of hydrogen-bond acceptors (Lipinski definition) is 5. The lowest BCUT2D eigenvalue weighted by atomic mass is 9.40. The third-order valence-corrected chi connectivity index (χ3v) is 7.83. The lowest BCUT2D eigenvalue weighted by Gasteiger charge is -2.63. The standard InChI is InChI=1S/C22H28O5/c1-11-9-15(25-5)20(24)22(4)14(11)10-16-21(3)13(7-8-27-16)12(2)18(26-6)17(23)19(21)22/h7-9,11,13-14,16,19H,10H2,1-6H3/t11-,13+,14+,16-,19+,21-,22+/m1/s1. The lowest BCUT2D eigenvalue weighted by Crippen LogP contribution is -2.67. The summed E-state index contributed by atoms with van der Waals surface area (Å²) in [7, 11) is 3.06. The van der Waals surface area contributed by atoms with Gasteiger partial charge in [-0.3, -0.25) is 9.59 Å². The molecule has 0 amide bonds. The first-order valence-electron chi connectivity index (χ1n) is 9.64. The summed E-state index contributed by atoms with van der Waals surface area (Å²) in [6.45, 7) is 8.11. The molecule has 1 fully saturated rings. The van der Waals surface area contributed by atoms with E-state index in [1.165, 1.54) is 14.2 Å². The van der Waals surface area contributed by atoms with Crippen LogP contribution in [0.2, 0.25) is 0 Å². The van der Waals surface area contributed by atoms with Gasteiger partial charge in [0, 0.05) is 22.7 Å². The summed E-state index contributed by atoms with van der Waals surface area (Å²) in [6.07, 6.45) is 6.31. The predicted molar refractivity (Wildman–Crippen MR) is 99.3 cm³/mol. The molecule has 0 aromatic rings. The summed E-state index contributed by atoms with van der Waals surface area (Å²) in [5, 5.41) is 0. The van der Waals surface area contributed by atoms with Crippen molar-refractivity contribution in [2.24, 2.45) is 34.5 Å². The Bertz CT molecular complexity index is 806. The van der Waals surface area contributed by atoms with Crippen molar-refractivity contribution in [3.63, 3.8) is 0 Å². The molecule has 3 aliphatic carbocycles. The minimum Gasteiger partial charge on any atom is -0.498 e. The van der Waals surface area contributed by atoms with E-state index in [9.17, 15) is 9.59 Å². The van der Waals surface area contributed by atoms with Crippen molar-refractivity contribution in [3.05, 3.63) is 35.5 Å². The van der Waals surface area contributed by atoms with E-state index < -0.39 is 16.7 Å². The minimum atomic E-state index is -0.848. The molecule has 0 radical (unpaired) electrons. The largest absolute Gasteiger partial charge is 0.498 e. The molecule has 0 aromatic heterocycles. The van der Waals surface area contributed by atoms with Gasteiger partial charge in [0.25, 0.3) is 0 Å². The predicted octanol–water partition coefficient (Wildman–Crippen LogP) is 3.42. The molecule has 0 bridgehead atoms. The number of methoxy groups -OCH3 is 2. The Morgan fingerprint density at radius 1 is 1.19 bits per heavy atom. The van der Waals surface area contributed by atoms with Crippen molar-refractivity contribution in [3.8, 4) is 0 Å². The van der Waals surface area contributed by atoms with Gasteiger partial charge in [0.15, 0.2) is 11.5 Å². The molecule has 0 aromatic carbocycles. The SMILES string of the molecule is COC1=C[C@@H](C)[C@@H]2C[C@H]3OC=C[C@H]4C(C)=C(OC)C(=O)[C@H]([C@@]2(C)C1=O)[C@@]34C. The molecule has 1 saturated carbocycles. The van der Waals surface area contributed by atoms with Gasteiger partial charge in [0.2, 0.25) is 11.6 Å². The third kappa shape index (κ3) is 2.00. The molecular weight excluding hydrogens is 344 g/mol. The van der Waals surface area contributed by atoms with Crippen molar-refractivity contribution in [1.82, 2.24) is 0 Å². The van der Waals surface area contributed by atoms with E-state index in [-0.39, 0.29) is 35.4 Å². The van der Waals surface area contributed by atoms with Gasteiger partial charge in [0.1, 0.15) is 6.10 Å². The molecule has 5 nitrogen and oxygen atoms in total. The summed E-state index contributed by atoms with van der Waals surface area (Å²) in [6, 6.07) is 0. The number of ketones is 2. The molecule has 4 rings (SSSR count). The quantitative estimate of drug-likeness (QED) is 0.743. The van der Waals surface area contributed by atoms with Crippen molar-refractivity contribution in [1.29, 1.82) is 0 Å². The van der Waals surface area contributed by atoms with E-state index in [4.69, 9.17) is 14.2 Å². The molecule has 5 heteroatoms. The van der Waals surface area contributed by atoms with Crippen molar-refractivity contribution >= 4 is 11.6 Å². The second kappa shape index (κ2) is 5.73. The van der Waals surface area contributed by atoms with Gasteiger partial charge >= 0.3 is 0 Å². The first kappa shape index (κ1) is 18.3. The second-order valence-corrected chi connectivity index (χ2v) is 8.86. The van der Waals surface area contributed by atoms with Gasteiger partial charge < -0.3 is 14.2 Å². The highest BCUT2D eigenvalue weighted by Gasteiger charge is 2.70. The Morgan fingerprint density at radius 2 is 1.89 bits per heavy atom. The van der Waals surface area contributed by atoms with Gasteiger partial charge in [-0.05, 0) is 42.9 Å². The minimum absolute atomic E-state index is 0.00619. The number of ether oxygens (including phenoxy) is 3. The summed E-state index contributed by atoms with van der Waals surface area (Å²) < 4.78 is 17.0. The number of rotatable bonds is 2. The molecular formula is C22H28O5. The molecule has 0 unspecified atom stereocenters. The summed E-state index contributed by atoms with van der Waals surface area (Å²) >= 11 is 0. The summed E-state index contributed by atoms with van der Waals surface area (Å²) in [4.78, 5) is 27.2. The van der Waals surface area contributed by atoms with Gasteiger partial charge in [-0.25, -0.2) is 0 Å². The molecule has 4 aliphatic rings. The van der Waals surface area contributed by atoms with Crippen LogP contribution in [0.25, 0.3) is 0 Å². The topological polar surface area (TPSA) is 61.8 Å². The lowest BCUT2D eigenvalue weighted by molar-refractivity contribution is -0.190. The number of carbonyl (C=O) groups excluding carboxylic acids is 2. The average molecular weight is 372 g/mol. The fraction of sp³-hybridized carbons (Fsp3) is 0.636. The Hall–Kier alpha value is -2.04. The van der Waals surface area contributed by atoms with E-state index in [1.54, 1.807) is 6.26 Å². The molecule has 1 aliphatic heterocycles. The van der Waals surface area contributed by atoms with Crippen molar-refractivity contribution in [2.45, 2.75) is 40.2 Å². The fourth-order valence-electron chi connectivity index (χ4n) is 6.59. The Labute approximate surface area is 160 Å². The zero-order valence-electron chi connectivity index (χ0n) is 16.9. The van der Waals surface area contributed by atoms with Crippen LogP contribution in [0.3, 0.4) is 0 Å². The van der Waals surface area contributed by atoms with Crippen LogP contribution in [0, 0.1) is 34.5 Å².